The predicted molar refractivity (Wildman–Crippen MR) is 141 cm³/mol. The van der Waals surface area contributed by atoms with Gasteiger partial charge in [-0.1, -0.05) is 53.7 Å². The van der Waals surface area contributed by atoms with E-state index in [-0.39, 0.29) is 29.7 Å². The van der Waals surface area contributed by atoms with Gasteiger partial charge < -0.3 is 25.6 Å². The molecule has 11 heteroatoms. The largest absolute Gasteiger partial charge is 0.493 e. The van der Waals surface area contributed by atoms with Crippen LogP contribution >= 0.6 is 0 Å². The van der Waals surface area contributed by atoms with Gasteiger partial charge in [-0.05, 0) is 55.2 Å². The molecule has 2 atom stereocenters. The Kier molecular flexibility index (Phi) is 9.40. The molecule has 0 bridgehead atoms. The minimum Gasteiger partial charge on any atom is -0.493 e. The number of hydroxylamine groups is 1. The highest BCUT2D eigenvalue weighted by Gasteiger charge is 2.34. The summed E-state index contributed by atoms with van der Waals surface area (Å²) < 4.78 is 38.4. The highest BCUT2D eigenvalue weighted by Crippen LogP contribution is 2.26. The first-order chi connectivity index (χ1) is 18.3. The Balaban J connectivity index is 1.55. The number of anilines is 1. The highest BCUT2D eigenvalue weighted by molar-refractivity contribution is 7.89. The molecule has 0 spiro atoms. The number of benzene rings is 2. The number of allylic oxidation sites excluding steroid dienone is 2. The fourth-order valence-corrected chi connectivity index (χ4v) is 5.68. The lowest BCUT2D eigenvalue weighted by atomic mass is 10.0. The molecule has 2 aromatic carbocycles. The molecule has 4 rings (SSSR count). The van der Waals surface area contributed by atoms with E-state index in [1.54, 1.807) is 24.3 Å². The quantitative estimate of drug-likeness (QED) is 0.290. The van der Waals surface area contributed by atoms with Crippen molar-refractivity contribution in [2.24, 2.45) is 0 Å². The van der Waals surface area contributed by atoms with Gasteiger partial charge in [-0.25, -0.2) is 13.2 Å². The molecule has 4 N–H and O–H groups in total. The summed E-state index contributed by atoms with van der Waals surface area (Å²) in [6, 6.07) is 14.3. The summed E-state index contributed by atoms with van der Waals surface area (Å²) in [5.74, 6) is 0.299. The molecule has 1 saturated carbocycles. The topological polar surface area (TPSA) is 140 Å². The van der Waals surface area contributed by atoms with Gasteiger partial charge in [-0.3, -0.25) is 4.84 Å². The molecule has 1 amide bonds. The molecular formula is C27H33N3O7S. The Morgan fingerprint density at radius 2 is 1.92 bits per heavy atom. The molecule has 1 aliphatic heterocycles. The molecule has 204 valence electrons. The number of sulfonamides is 1. The Morgan fingerprint density at radius 3 is 2.61 bits per heavy atom. The van der Waals surface area contributed by atoms with E-state index in [2.05, 4.69) is 5.32 Å². The molecule has 0 saturated heterocycles. The average molecular weight is 544 g/mol. The lowest BCUT2D eigenvalue weighted by Gasteiger charge is -2.30. The van der Waals surface area contributed by atoms with Crippen LogP contribution in [0.25, 0.3) is 0 Å². The van der Waals surface area contributed by atoms with Crippen LogP contribution in [0.1, 0.15) is 31.2 Å². The van der Waals surface area contributed by atoms with E-state index < -0.39 is 34.8 Å². The van der Waals surface area contributed by atoms with E-state index >= 15 is 0 Å². The van der Waals surface area contributed by atoms with E-state index in [0.29, 0.717) is 18.6 Å². The van der Waals surface area contributed by atoms with Gasteiger partial charge in [0.15, 0.2) is 0 Å². The van der Waals surface area contributed by atoms with Crippen LogP contribution in [0.5, 0.6) is 0 Å². The number of hydrogen-bond donors (Lipinski definition) is 3. The minimum absolute atomic E-state index is 0.0491. The van der Waals surface area contributed by atoms with Crippen molar-refractivity contribution >= 4 is 21.8 Å². The van der Waals surface area contributed by atoms with Crippen molar-refractivity contribution in [1.29, 1.82) is 0 Å². The van der Waals surface area contributed by atoms with E-state index in [9.17, 15) is 18.3 Å². The number of ether oxygens (including phenoxy) is 2. The van der Waals surface area contributed by atoms with Gasteiger partial charge in [-0.15, -0.1) is 0 Å². The number of nitrogen functional groups attached to an aromatic ring is 1. The Labute approximate surface area is 222 Å². The third kappa shape index (κ3) is 7.57. The predicted octanol–water partition coefficient (Wildman–Crippen LogP) is 3.26. The summed E-state index contributed by atoms with van der Waals surface area (Å²) >= 11 is 0. The molecule has 2 aliphatic rings. The van der Waals surface area contributed by atoms with Gasteiger partial charge in [0.1, 0.15) is 12.4 Å². The Morgan fingerprint density at radius 1 is 1.16 bits per heavy atom. The molecule has 0 aromatic heterocycles. The molecule has 1 aliphatic carbocycles. The van der Waals surface area contributed by atoms with Crippen molar-refractivity contribution in [2.75, 3.05) is 18.9 Å². The normalized spacial score (nSPS) is 17.5. The number of amides is 1. The van der Waals surface area contributed by atoms with Crippen molar-refractivity contribution in [2.45, 2.75) is 55.2 Å². The van der Waals surface area contributed by atoms with E-state index in [1.165, 1.54) is 18.4 Å². The van der Waals surface area contributed by atoms with Gasteiger partial charge >= 0.3 is 6.09 Å². The zero-order valence-corrected chi connectivity index (χ0v) is 21.8. The molecule has 2 aromatic rings. The van der Waals surface area contributed by atoms with Crippen LogP contribution in [0.4, 0.5) is 10.5 Å². The van der Waals surface area contributed by atoms with Crippen LogP contribution < -0.4 is 11.1 Å². The average Bonchev–Trinajstić information content (AvgIpc) is 3.42. The van der Waals surface area contributed by atoms with Crippen molar-refractivity contribution in [3.05, 3.63) is 84.3 Å². The van der Waals surface area contributed by atoms with Crippen molar-refractivity contribution < 1.29 is 32.6 Å². The Bertz CT molecular complexity index is 1240. The van der Waals surface area contributed by atoms with Crippen LogP contribution in [0.3, 0.4) is 0 Å². The first-order valence-electron chi connectivity index (χ1n) is 12.5. The number of carbonyl (C=O) groups excluding carboxylic acids is 1. The standard InChI is InChI=1S/C27H33N3O7S/c28-21-10-6-14-24(17-21)38(33,34)30(37-22-11-4-5-12-22)18-26(31)25(16-20-8-2-1-3-9-20)29-27(32)36-23-13-7-15-35-19-23/h1-3,6-10,13-15,17,22,25-26,31H,4-5,11-12,16,18-19,28H2,(H,29,32)/t25-,26+/m0/s1. The van der Waals surface area contributed by atoms with Crippen LogP contribution in [-0.4, -0.2) is 55.5 Å². The summed E-state index contributed by atoms with van der Waals surface area (Å²) in [5, 5.41) is 14.0. The maximum atomic E-state index is 13.6. The second kappa shape index (κ2) is 12.9. The van der Waals surface area contributed by atoms with Gasteiger partial charge in [0, 0.05) is 5.69 Å². The van der Waals surface area contributed by atoms with Crippen molar-refractivity contribution in [1.82, 2.24) is 9.79 Å². The highest BCUT2D eigenvalue weighted by atomic mass is 32.2. The fourth-order valence-electron chi connectivity index (χ4n) is 4.33. The number of aliphatic hydroxyl groups excluding tert-OH is 1. The maximum absolute atomic E-state index is 13.6. The van der Waals surface area contributed by atoms with Crippen LogP contribution in [0.2, 0.25) is 0 Å². The summed E-state index contributed by atoms with van der Waals surface area (Å²) in [6.07, 6.45) is 5.75. The molecule has 10 nitrogen and oxygen atoms in total. The summed E-state index contributed by atoms with van der Waals surface area (Å²) in [5.41, 5.74) is 6.96. The summed E-state index contributed by atoms with van der Waals surface area (Å²) in [7, 11) is -4.17. The van der Waals surface area contributed by atoms with Crippen molar-refractivity contribution in [3.8, 4) is 0 Å². The smallest absolute Gasteiger partial charge is 0.412 e. The molecule has 1 heterocycles. The zero-order chi connectivity index (χ0) is 27.0. The van der Waals surface area contributed by atoms with E-state index in [0.717, 1.165) is 22.9 Å². The zero-order valence-electron chi connectivity index (χ0n) is 20.9. The SMILES string of the molecule is Nc1cccc(S(=O)(=O)N(C[C@@H](O)[C@H](Cc2ccccc2)NC(=O)OC2=CC=COC2)OC2CCCC2)c1. The van der Waals surface area contributed by atoms with Crippen molar-refractivity contribution in [3.63, 3.8) is 0 Å². The first-order valence-corrected chi connectivity index (χ1v) is 14.0. The molecular weight excluding hydrogens is 510 g/mol. The molecule has 0 unspecified atom stereocenters. The first kappa shape index (κ1) is 27.6. The molecule has 0 radical (unpaired) electrons. The van der Waals surface area contributed by atoms with Gasteiger partial charge in [0.2, 0.25) is 0 Å². The van der Waals surface area contributed by atoms with E-state index in [4.69, 9.17) is 20.0 Å². The molecule has 38 heavy (non-hydrogen) atoms. The summed E-state index contributed by atoms with van der Waals surface area (Å²) in [6.45, 7) is -0.322. The number of alkyl carbamates (subject to hydrolysis) is 1. The number of nitrogens with one attached hydrogen (secondary N) is 1. The fraction of sp³-hybridized carbons (Fsp3) is 0.370. The summed E-state index contributed by atoms with van der Waals surface area (Å²) in [4.78, 5) is 18.6. The monoisotopic (exact) mass is 543 g/mol. The van der Waals surface area contributed by atoms with E-state index in [1.807, 2.05) is 30.3 Å². The van der Waals surface area contributed by atoms with Crippen LogP contribution in [0, 0.1) is 0 Å². The maximum Gasteiger partial charge on any atom is 0.412 e. The van der Waals surface area contributed by atoms with Gasteiger partial charge in [0.25, 0.3) is 10.0 Å². The third-order valence-corrected chi connectivity index (χ3v) is 7.92. The lowest BCUT2D eigenvalue weighted by molar-refractivity contribution is -0.145. The third-order valence-electron chi connectivity index (χ3n) is 6.30. The molecule has 1 fully saturated rings. The van der Waals surface area contributed by atoms with Gasteiger partial charge in [0.05, 0.1) is 36.0 Å². The van der Waals surface area contributed by atoms with Crippen LogP contribution in [-0.2, 0) is 30.8 Å². The minimum atomic E-state index is -4.17. The number of nitrogens with zero attached hydrogens (tertiary/aromatic N) is 1. The number of hydrogen-bond acceptors (Lipinski definition) is 8. The number of carbonyl (C=O) groups is 1. The van der Waals surface area contributed by atoms with Crippen LogP contribution in [0.15, 0.2) is 83.7 Å². The second-order valence-corrected chi connectivity index (χ2v) is 11.1. The lowest BCUT2D eigenvalue weighted by Crippen LogP contribution is -2.51. The van der Waals surface area contributed by atoms with Gasteiger partial charge in [-0.2, -0.15) is 0 Å². The number of aliphatic hydroxyl groups is 1. The Hall–Kier alpha value is -3.38. The number of nitrogens with two attached hydrogens (primary N) is 1. The second-order valence-electron chi connectivity index (χ2n) is 9.24. The number of rotatable bonds is 11.